The predicted molar refractivity (Wildman–Crippen MR) is 57.6 cm³/mol. The summed E-state index contributed by atoms with van der Waals surface area (Å²) in [6.45, 7) is 4.00. The lowest BCUT2D eigenvalue weighted by Crippen LogP contribution is -2.05. The monoisotopic (exact) mass is 205 g/mol. The van der Waals surface area contributed by atoms with E-state index in [0.717, 1.165) is 5.39 Å². The molecule has 0 aliphatic carbocycles. The highest BCUT2D eigenvalue weighted by molar-refractivity contribution is 5.98. The van der Waals surface area contributed by atoms with Crippen molar-refractivity contribution >= 4 is 16.7 Å². The molecule has 0 unspecified atom stereocenters. The lowest BCUT2D eigenvalue weighted by molar-refractivity contribution is 0.100. The third-order valence-corrected chi connectivity index (χ3v) is 2.55. The van der Waals surface area contributed by atoms with Gasteiger partial charge in [0.05, 0.1) is 11.2 Å². The lowest BCUT2D eigenvalue weighted by Gasteiger charge is -2.05. The summed E-state index contributed by atoms with van der Waals surface area (Å²) in [6.07, 6.45) is 0. The number of hydrogen-bond donors (Lipinski definition) is 0. The molecule has 0 spiro atoms. The van der Waals surface area contributed by atoms with Crippen LogP contribution in [0.1, 0.15) is 24.3 Å². The van der Waals surface area contributed by atoms with Crippen LogP contribution in [0.4, 0.5) is 4.39 Å². The Balaban J connectivity index is 2.86. The van der Waals surface area contributed by atoms with E-state index in [9.17, 15) is 9.18 Å². The number of carbonyl (C=O) groups excluding carboxylic acids is 1. The molecule has 0 saturated carbocycles. The number of nitrogens with zero attached hydrogens (tertiary/aromatic N) is 1. The average Bonchev–Trinajstić information content (AvgIpc) is 2.57. The highest BCUT2D eigenvalue weighted by Gasteiger charge is 2.13. The van der Waals surface area contributed by atoms with Crippen LogP contribution in [0.2, 0.25) is 0 Å². The van der Waals surface area contributed by atoms with E-state index >= 15 is 0 Å². The summed E-state index contributed by atoms with van der Waals surface area (Å²) in [5.41, 5.74) is 1.09. The first-order valence-corrected chi connectivity index (χ1v) is 4.94. The Bertz CT molecular complexity index is 528. The number of fused-ring (bicyclic) bond motifs is 1. The second kappa shape index (κ2) is 3.50. The first-order valence-electron chi connectivity index (χ1n) is 4.94. The van der Waals surface area contributed by atoms with Gasteiger partial charge >= 0.3 is 0 Å². The smallest absolute Gasteiger partial charge is 0.176 e. The van der Waals surface area contributed by atoms with Crippen LogP contribution in [0.5, 0.6) is 0 Å². The van der Waals surface area contributed by atoms with Crippen LogP contribution in [0.25, 0.3) is 10.9 Å². The summed E-state index contributed by atoms with van der Waals surface area (Å²) >= 11 is 0. The van der Waals surface area contributed by atoms with Gasteiger partial charge < -0.3 is 4.57 Å². The molecule has 1 aromatic carbocycles. The molecule has 15 heavy (non-hydrogen) atoms. The Morgan fingerprint density at radius 3 is 2.80 bits per heavy atom. The zero-order valence-electron chi connectivity index (χ0n) is 8.75. The molecule has 0 aliphatic heterocycles. The van der Waals surface area contributed by atoms with Gasteiger partial charge in [-0.1, -0.05) is 12.1 Å². The first-order chi connectivity index (χ1) is 7.15. The fourth-order valence-corrected chi connectivity index (χ4v) is 1.90. The molecule has 0 aliphatic rings. The van der Waals surface area contributed by atoms with Gasteiger partial charge in [-0.05, 0) is 19.1 Å². The summed E-state index contributed by atoms with van der Waals surface area (Å²) < 4.78 is 15.3. The Morgan fingerprint density at radius 2 is 2.20 bits per heavy atom. The minimum absolute atomic E-state index is 0.0348. The summed E-state index contributed by atoms with van der Waals surface area (Å²) in [7, 11) is 0. The average molecular weight is 205 g/mol. The molecule has 0 N–H and O–H groups in total. The van der Waals surface area contributed by atoms with Gasteiger partial charge in [-0.15, -0.1) is 0 Å². The maximum absolute atomic E-state index is 13.6. The third kappa shape index (κ3) is 1.44. The number of carbonyl (C=O) groups is 1. The zero-order valence-corrected chi connectivity index (χ0v) is 8.75. The van der Waals surface area contributed by atoms with Gasteiger partial charge in [-0.25, -0.2) is 4.39 Å². The van der Waals surface area contributed by atoms with Crippen molar-refractivity contribution < 1.29 is 9.18 Å². The highest BCUT2D eigenvalue weighted by Crippen LogP contribution is 2.22. The minimum atomic E-state index is -0.276. The molecule has 2 rings (SSSR count). The van der Waals surface area contributed by atoms with Crippen molar-refractivity contribution in [1.82, 2.24) is 4.57 Å². The number of Topliss-reactive ketones (excluding diaryl/α,β-unsaturated/α-hetero) is 1. The number of ketones is 1. The molecular formula is C12H12FNO. The maximum Gasteiger partial charge on any atom is 0.176 e. The van der Waals surface area contributed by atoms with Crippen LogP contribution in [0.3, 0.4) is 0 Å². The van der Waals surface area contributed by atoms with E-state index < -0.39 is 0 Å². The first kappa shape index (κ1) is 9.90. The van der Waals surface area contributed by atoms with Gasteiger partial charge in [0.15, 0.2) is 5.78 Å². The van der Waals surface area contributed by atoms with Crippen molar-refractivity contribution in [2.24, 2.45) is 0 Å². The van der Waals surface area contributed by atoms with E-state index in [0.29, 0.717) is 17.8 Å². The topological polar surface area (TPSA) is 22.0 Å². The molecule has 1 aromatic heterocycles. The van der Waals surface area contributed by atoms with Crippen LogP contribution in [0.15, 0.2) is 24.3 Å². The van der Waals surface area contributed by atoms with Crippen LogP contribution in [-0.2, 0) is 6.54 Å². The maximum atomic E-state index is 13.6. The largest absolute Gasteiger partial charge is 0.336 e. The molecule has 0 fully saturated rings. The van der Waals surface area contributed by atoms with Gasteiger partial charge in [0.2, 0.25) is 0 Å². The number of halogens is 1. The van der Waals surface area contributed by atoms with Crippen LogP contribution in [-0.4, -0.2) is 10.4 Å². The van der Waals surface area contributed by atoms with Gasteiger partial charge in [-0.2, -0.15) is 0 Å². The van der Waals surface area contributed by atoms with Crippen molar-refractivity contribution in [2.45, 2.75) is 20.4 Å². The van der Waals surface area contributed by atoms with Crippen LogP contribution < -0.4 is 0 Å². The number of aromatic nitrogens is 1. The molecular weight excluding hydrogens is 193 g/mol. The number of rotatable bonds is 2. The number of benzene rings is 1. The zero-order chi connectivity index (χ0) is 11.0. The predicted octanol–water partition coefficient (Wildman–Crippen LogP) is 3.00. The summed E-state index contributed by atoms with van der Waals surface area (Å²) in [5.74, 6) is -0.311. The Labute approximate surface area is 87.3 Å². The van der Waals surface area contributed by atoms with E-state index in [1.54, 1.807) is 16.7 Å². The summed E-state index contributed by atoms with van der Waals surface area (Å²) in [6, 6.07) is 6.63. The van der Waals surface area contributed by atoms with Crippen molar-refractivity contribution in [1.29, 1.82) is 0 Å². The lowest BCUT2D eigenvalue weighted by atomic mass is 10.2. The van der Waals surface area contributed by atoms with E-state index in [-0.39, 0.29) is 11.6 Å². The number of aryl methyl sites for hydroxylation is 1. The Morgan fingerprint density at radius 1 is 1.47 bits per heavy atom. The highest BCUT2D eigenvalue weighted by atomic mass is 19.1. The van der Waals surface area contributed by atoms with Gasteiger partial charge in [0.25, 0.3) is 0 Å². The van der Waals surface area contributed by atoms with Crippen molar-refractivity contribution in [3.63, 3.8) is 0 Å². The molecule has 1 heterocycles. The van der Waals surface area contributed by atoms with Crippen molar-refractivity contribution in [3.05, 3.63) is 35.8 Å². The van der Waals surface area contributed by atoms with Crippen molar-refractivity contribution in [2.75, 3.05) is 0 Å². The van der Waals surface area contributed by atoms with Gasteiger partial charge in [0, 0.05) is 18.9 Å². The second-order valence-corrected chi connectivity index (χ2v) is 3.51. The van der Waals surface area contributed by atoms with Crippen LogP contribution >= 0.6 is 0 Å². The number of hydrogen-bond acceptors (Lipinski definition) is 1. The summed E-state index contributed by atoms with van der Waals surface area (Å²) in [4.78, 5) is 11.4. The van der Waals surface area contributed by atoms with E-state index in [1.165, 1.54) is 13.0 Å². The number of para-hydroxylation sites is 1. The van der Waals surface area contributed by atoms with E-state index in [2.05, 4.69) is 0 Å². The molecule has 78 valence electrons. The second-order valence-electron chi connectivity index (χ2n) is 3.51. The van der Waals surface area contributed by atoms with Crippen molar-refractivity contribution in [3.8, 4) is 0 Å². The fourth-order valence-electron chi connectivity index (χ4n) is 1.90. The summed E-state index contributed by atoms with van der Waals surface area (Å²) in [5, 5.41) is 0.780. The molecule has 0 radical (unpaired) electrons. The van der Waals surface area contributed by atoms with Gasteiger partial charge in [-0.3, -0.25) is 4.79 Å². The molecule has 0 atom stereocenters. The molecule has 0 bridgehead atoms. The molecule has 0 amide bonds. The molecule has 0 saturated heterocycles. The normalized spacial score (nSPS) is 10.9. The van der Waals surface area contributed by atoms with E-state index in [1.807, 2.05) is 13.0 Å². The SMILES string of the molecule is CCn1c(C(C)=O)cc2cccc(F)c21. The van der Waals surface area contributed by atoms with Gasteiger partial charge in [0.1, 0.15) is 5.82 Å². The molecule has 2 nitrogen and oxygen atoms in total. The fraction of sp³-hybridized carbons (Fsp3) is 0.250. The standard InChI is InChI=1S/C12H12FNO/c1-3-14-11(8(2)15)7-9-5-4-6-10(13)12(9)14/h4-7H,3H2,1-2H3. The third-order valence-electron chi connectivity index (χ3n) is 2.55. The quantitative estimate of drug-likeness (QED) is 0.691. The molecule has 2 aromatic rings. The van der Waals surface area contributed by atoms with E-state index in [4.69, 9.17) is 0 Å². The molecule has 3 heteroatoms. The Hall–Kier alpha value is -1.64. The van der Waals surface area contributed by atoms with Crippen LogP contribution in [0, 0.1) is 5.82 Å². The minimum Gasteiger partial charge on any atom is -0.336 e. The Kier molecular flexibility index (Phi) is 2.31.